The summed E-state index contributed by atoms with van der Waals surface area (Å²) < 4.78 is 0. The van der Waals surface area contributed by atoms with Crippen LogP contribution in [0.3, 0.4) is 0 Å². The quantitative estimate of drug-likeness (QED) is 0.659. The molecule has 0 aliphatic carbocycles. The number of rotatable bonds is 4. The minimum Gasteiger partial charge on any atom is -0.299 e. The third-order valence-corrected chi connectivity index (χ3v) is 4.32. The summed E-state index contributed by atoms with van der Waals surface area (Å²) in [6, 6.07) is 20.4. The number of Topliss-reactive ketones (excluding diaryl/α,β-unsaturated/α-hetero) is 1. The smallest absolute Gasteiger partial charge is 0.140 e. The van der Waals surface area contributed by atoms with Gasteiger partial charge in [-0.2, -0.15) is 0 Å². The van der Waals surface area contributed by atoms with Gasteiger partial charge in [0.25, 0.3) is 0 Å². The standard InChI is InChI=1S/C18H15NOS/c1-13(20)12-21-18-16(14-7-3-2-4-8-14)11-15-9-5-6-10-17(15)19-18/h2-11H,12H2,1H3. The molecule has 104 valence electrons. The van der Waals surface area contributed by atoms with Gasteiger partial charge in [-0.05, 0) is 24.6 Å². The van der Waals surface area contributed by atoms with E-state index in [-0.39, 0.29) is 5.78 Å². The van der Waals surface area contributed by atoms with Crippen LogP contribution in [0.5, 0.6) is 0 Å². The molecule has 2 nitrogen and oxygen atoms in total. The van der Waals surface area contributed by atoms with Crippen molar-refractivity contribution in [2.24, 2.45) is 0 Å². The first-order valence-electron chi connectivity index (χ1n) is 6.81. The summed E-state index contributed by atoms with van der Waals surface area (Å²) in [5, 5.41) is 2.03. The zero-order chi connectivity index (χ0) is 14.7. The van der Waals surface area contributed by atoms with Crippen LogP contribution in [0, 0.1) is 0 Å². The lowest BCUT2D eigenvalue weighted by atomic mass is 10.1. The fourth-order valence-corrected chi connectivity index (χ4v) is 3.04. The number of benzene rings is 2. The van der Waals surface area contributed by atoms with Gasteiger partial charge in [-0.25, -0.2) is 4.98 Å². The van der Waals surface area contributed by atoms with Crippen molar-refractivity contribution in [3.63, 3.8) is 0 Å². The van der Waals surface area contributed by atoms with Crippen molar-refractivity contribution in [2.45, 2.75) is 11.9 Å². The van der Waals surface area contributed by atoms with E-state index in [1.165, 1.54) is 11.8 Å². The number of hydrogen-bond acceptors (Lipinski definition) is 3. The Balaban J connectivity index is 2.14. The lowest BCUT2D eigenvalue weighted by Gasteiger charge is -2.10. The van der Waals surface area contributed by atoms with E-state index in [1.54, 1.807) is 6.92 Å². The first kappa shape index (κ1) is 13.8. The monoisotopic (exact) mass is 293 g/mol. The normalized spacial score (nSPS) is 10.7. The molecular weight excluding hydrogens is 278 g/mol. The highest BCUT2D eigenvalue weighted by Crippen LogP contribution is 2.32. The number of nitrogens with zero attached hydrogens (tertiary/aromatic N) is 1. The van der Waals surface area contributed by atoms with Crippen LogP contribution in [0.4, 0.5) is 0 Å². The number of para-hydroxylation sites is 1. The largest absolute Gasteiger partial charge is 0.299 e. The van der Waals surface area contributed by atoms with Crippen molar-refractivity contribution in [2.75, 3.05) is 5.75 Å². The van der Waals surface area contributed by atoms with Crippen molar-refractivity contribution in [1.82, 2.24) is 4.98 Å². The molecule has 1 aromatic heterocycles. The van der Waals surface area contributed by atoms with E-state index in [0.29, 0.717) is 5.75 Å². The van der Waals surface area contributed by atoms with Gasteiger partial charge in [0, 0.05) is 10.9 Å². The van der Waals surface area contributed by atoms with Crippen LogP contribution >= 0.6 is 11.8 Å². The molecule has 0 saturated heterocycles. The van der Waals surface area contributed by atoms with Crippen LogP contribution in [0.15, 0.2) is 65.7 Å². The second-order valence-corrected chi connectivity index (χ2v) is 5.85. The molecule has 1 heterocycles. The van der Waals surface area contributed by atoms with Crippen molar-refractivity contribution in [3.05, 3.63) is 60.7 Å². The Labute approximate surface area is 128 Å². The van der Waals surface area contributed by atoms with Gasteiger partial charge in [0.15, 0.2) is 0 Å². The van der Waals surface area contributed by atoms with Gasteiger partial charge in [0.2, 0.25) is 0 Å². The molecule has 0 N–H and O–H groups in total. The summed E-state index contributed by atoms with van der Waals surface area (Å²) in [7, 11) is 0. The number of fused-ring (bicyclic) bond motifs is 1. The number of carbonyl (C=O) groups excluding carboxylic acids is 1. The van der Waals surface area contributed by atoms with Gasteiger partial charge in [-0.3, -0.25) is 4.79 Å². The molecule has 0 atom stereocenters. The minimum atomic E-state index is 0.161. The molecule has 3 aromatic rings. The van der Waals surface area contributed by atoms with E-state index < -0.39 is 0 Å². The summed E-state index contributed by atoms with van der Waals surface area (Å²) in [6.45, 7) is 1.61. The van der Waals surface area contributed by atoms with Gasteiger partial charge < -0.3 is 0 Å². The molecule has 2 aromatic carbocycles. The average molecular weight is 293 g/mol. The van der Waals surface area contributed by atoms with Gasteiger partial charge in [0.05, 0.1) is 11.3 Å². The zero-order valence-electron chi connectivity index (χ0n) is 11.7. The van der Waals surface area contributed by atoms with Crippen LogP contribution in [-0.4, -0.2) is 16.5 Å². The zero-order valence-corrected chi connectivity index (χ0v) is 12.6. The number of aromatic nitrogens is 1. The van der Waals surface area contributed by atoms with Crippen LogP contribution in [0.25, 0.3) is 22.0 Å². The predicted molar refractivity (Wildman–Crippen MR) is 88.6 cm³/mol. The topological polar surface area (TPSA) is 30.0 Å². The predicted octanol–water partition coefficient (Wildman–Crippen LogP) is 4.58. The van der Waals surface area contributed by atoms with Crippen LogP contribution in [0.2, 0.25) is 0 Å². The molecule has 0 radical (unpaired) electrons. The molecule has 0 fully saturated rings. The summed E-state index contributed by atoms with van der Waals surface area (Å²) in [6.07, 6.45) is 0. The van der Waals surface area contributed by atoms with E-state index in [1.807, 2.05) is 36.4 Å². The van der Waals surface area contributed by atoms with E-state index in [2.05, 4.69) is 24.3 Å². The number of ketones is 1. The Bertz CT molecular complexity index is 784. The highest BCUT2D eigenvalue weighted by Gasteiger charge is 2.10. The molecule has 0 spiro atoms. The molecule has 0 amide bonds. The van der Waals surface area contributed by atoms with Crippen molar-refractivity contribution in [1.29, 1.82) is 0 Å². The minimum absolute atomic E-state index is 0.161. The van der Waals surface area contributed by atoms with Gasteiger partial charge >= 0.3 is 0 Å². The van der Waals surface area contributed by atoms with Gasteiger partial charge in [0.1, 0.15) is 10.8 Å². The third kappa shape index (κ3) is 3.14. The van der Waals surface area contributed by atoms with Gasteiger partial charge in [-0.15, -0.1) is 0 Å². The van der Waals surface area contributed by atoms with Crippen molar-refractivity contribution >= 4 is 28.4 Å². The number of hydrogen-bond donors (Lipinski definition) is 0. The molecule has 0 saturated carbocycles. The average Bonchev–Trinajstić information content (AvgIpc) is 2.53. The molecule has 3 rings (SSSR count). The summed E-state index contributed by atoms with van der Waals surface area (Å²) in [4.78, 5) is 16.0. The molecule has 0 aliphatic rings. The van der Waals surface area contributed by atoms with E-state index in [0.717, 1.165) is 27.1 Å². The number of pyridine rings is 1. The van der Waals surface area contributed by atoms with Crippen LogP contribution in [0.1, 0.15) is 6.92 Å². The highest BCUT2D eigenvalue weighted by atomic mass is 32.2. The Morgan fingerprint density at radius 2 is 1.76 bits per heavy atom. The molecule has 0 bridgehead atoms. The number of carbonyl (C=O) groups is 1. The maximum atomic E-state index is 11.3. The molecule has 3 heteroatoms. The van der Waals surface area contributed by atoms with E-state index >= 15 is 0 Å². The van der Waals surface area contributed by atoms with Crippen molar-refractivity contribution < 1.29 is 4.79 Å². The third-order valence-electron chi connectivity index (χ3n) is 3.19. The van der Waals surface area contributed by atoms with Crippen molar-refractivity contribution in [3.8, 4) is 11.1 Å². The van der Waals surface area contributed by atoms with Crippen LogP contribution < -0.4 is 0 Å². The molecule has 0 aliphatic heterocycles. The lowest BCUT2D eigenvalue weighted by Crippen LogP contribution is -1.96. The molecule has 21 heavy (non-hydrogen) atoms. The molecular formula is C18H15NOS. The fourth-order valence-electron chi connectivity index (χ4n) is 2.20. The summed E-state index contributed by atoms with van der Waals surface area (Å²) in [5.74, 6) is 0.611. The lowest BCUT2D eigenvalue weighted by molar-refractivity contribution is -0.114. The molecule has 0 unspecified atom stereocenters. The van der Waals surface area contributed by atoms with Gasteiger partial charge in [-0.1, -0.05) is 60.3 Å². The number of thioether (sulfide) groups is 1. The summed E-state index contributed by atoms with van der Waals surface area (Å²) in [5.41, 5.74) is 3.17. The second-order valence-electron chi connectivity index (χ2n) is 4.89. The Kier molecular flexibility index (Phi) is 4.02. The first-order valence-corrected chi connectivity index (χ1v) is 7.80. The maximum Gasteiger partial charge on any atom is 0.140 e. The second kappa shape index (κ2) is 6.10. The van der Waals surface area contributed by atoms with E-state index in [9.17, 15) is 4.79 Å². The first-order chi connectivity index (χ1) is 10.2. The van der Waals surface area contributed by atoms with E-state index in [4.69, 9.17) is 4.98 Å². The fraction of sp³-hybridized carbons (Fsp3) is 0.111. The summed E-state index contributed by atoms with van der Waals surface area (Å²) >= 11 is 1.50. The maximum absolute atomic E-state index is 11.3. The SMILES string of the molecule is CC(=O)CSc1nc2ccccc2cc1-c1ccccc1. The Morgan fingerprint density at radius 1 is 1.05 bits per heavy atom. The Hall–Kier alpha value is -2.13. The van der Waals surface area contributed by atoms with Crippen LogP contribution in [-0.2, 0) is 4.79 Å². The Morgan fingerprint density at radius 3 is 2.52 bits per heavy atom. The highest BCUT2D eigenvalue weighted by molar-refractivity contribution is 8.00.